The van der Waals surface area contributed by atoms with Crippen LogP contribution in [-0.2, 0) is 6.42 Å². The highest BCUT2D eigenvalue weighted by atomic mass is 16.5. The van der Waals surface area contributed by atoms with E-state index in [0.29, 0.717) is 6.61 Å². The third-order valence-corrected chi connectivity index (χ3v) is 2.88. The molecule has 1 radical (unpaired) electrons. The number of unbranched alkanes of at least 4 members (excludes halogenated alkanes) is 3. The second kappa shape index (κ2) is 9.76. The predicted octanol–water partition coefficient (Wildman–Crippen LogP) is 4.97. The molecule has 0 N–H and O–H groups in total. The van der Waals surface area contributed by atoms with Crippen LogP contribution in [-0.4, -0.2) is 6.61 Å². The maximum absolute atomic E-state index is 5.81. The van der Waals surface area contributed by atoms with Crippen LogP contribution in [0.3, 0.4) is 0 Å². The molecule has 1 aromatic carbocycles. The Hall–Kier alpha value is -1.24. The number of hydrogen-bond donors (Lipinski definition) is 0. The van der Waals surface area contributed by atoms with Crippen molar-refractivity contribution in [2.45, 2.75) is 45.4 Å². The fraction of sp³-hybridized carbons (Fsp3) is 0.471. The van der Waals surface area contributed by atoms with Gasteiger partial charge in [0, 0.05) is 0 Å². The zero-order chi connectivity index (χ0) is 13.1. The lowest BCUT2D eigenvalue weighted by Crippen LogP contribution is -1.97. The van der Waals surface area contributed by atoms with Crippen LogP contribution >= 0.6 is 0 Å². The predicted molar refractivity (Wildman–Crippen MR) is 78.9 cm³/mol. The summed E-state index contributed by atoms with van der Waals surface area (Å²) in [5, 5.41) is 0. The molecule has 0 aliphatic carbocycles. The number of allylic oxidation sites excluding steroid dienone is 1. The van der Waals surface area contributed by atoms with Crippen LogP contribution in [0.4, 0.5) is 0 Å². The van der Waals surface area contributed by atoms with Gasteiger partial charge >= 0.3 is 0 Å². The van der Waals surface area contributed by atoms with Crippen molar-refractivity contribution in [3.05, 3.63) is 48.9 Å². The summed E-state index contributed by atoms with van der Waals surface area (Å²) in [6, 6.07) is 8.34. The normalized spacial score (nSPS) is 11.0. The lowest BCUT2D eigenvalue weighted by atomic mass is 10.1. The molecule has 0 fully saturated rings. The van der Waals surface area contributed by atoms with Crippen LogP contribution in [0.15, 0.2) is 36.4 Å². The van der Waals surface area contributed by atoms with Crippen LogP contribution in [0.25, 0.3) is 0 Å². The van der Waals surface area contributed by atoms with Crippen molar-refractivity contribution in [3.8, 4) is 5.75 Å². The van der Waals surface area contributed by atoms with E-state index in [0.717, 1.165) is 25.0 Å². The molecule has 1 aromatic rings. The van der Waals surface area contributed by atoms with Gasteiger partial charge in [0.2, 0.25) is 0 Å². The second-order valence-corrected chi connectivity index (χ2v) is 4.49. The molecule has 0 bridgehead atoms. The lowest BCUT2D eigenvalue weighted by molar-refractivity contribution is 0.358. The van der Waals surface area contributed by atoms with E-state index in [1.54, 1.807) is 0 Å². The maximum atomic E-state index is 5.81. The molecule has 99 valence electrons. The van der Waals surface area contributed by atoms with Crippen molar-refractivity contribution in [1.29, 1.82) is 0 Å². The van der Waals surface area contributed by atoms with Crippen molar-refractivity contribution in [3.63, 3.8) is 0 Å². The molecule has 0 saturated heterocycles. The molecule has 0 heterocycles. The molecule has 0 amide bonds. The van der Waals surface area contributed by atoms with Gasteiger partial charge in [-0.25, -0.2) is 0 Å². The molecule has 0 unspecified atom stereocenters. The Morgan fingerprint density at radius 2 is 2.00 bits per heavy atom. The Kier molecular flexibility index (Phi) is 8.03. The van der Waals surface area contributed by atoms with E-state index < -0.39 is 0 Å². The van der Waals surface area contributed by atoms with E-state index in [2.05, 4.69) is 44.2 Å². The highest BCUT2D eigenvalue weighted by Crippen LogP contribution is 2.20. The maximum Gasteiger partial charge on any atom is 0.122 e. The zero-order valence-corrected chi connectivity index (χ0v) is 11.5. The topological polar surface area (TPSA) is 9.23 Å². The van der Waals surface area contributed by atoms with Crippen LogP contribution in [0.1, 0.15) is 44.6 Å². The summed E-state index contributed by atoms with van der Waals surface area (Å²) in [6.45, 7) is 6.73. The minimum absolute atomic E-state index is 0.673. The first-order valence-electron chi connectivity index (χ1n) is 7.03. The van der Waals surface area contributed by atoms with Crippen LogP contribution in [0.2, 0.25) is 0 Å². The molecule has 0 saturated carbocycles. The van der Waals surface area contributed by atoms with Gasteiger partial charge in [0.1, 0.15) is 12.4 Å². The Labute approximate surface area is 112 Å². The van der Waals surface area contributed by atoms with Gasteiger partial charge in [-0.15, -0.1) is 0 Å². The Bertz CT molecular complexity index is 341. The largest absolute Gasteiger partial charge is 0.489 e. The molecule has 0 atom stereocenters. The minimum atomic E-state index is 0.673. The lowest BCUT2D eigenvalue weighted by Gasteiger charge is -2.09. The highest BCUT2D eigenvalue weighted by Gasteiger charge is 2.01. The molecule has 18 heavy (non-hydrogen) atoms. The molecule has 1 nitrogen and oxygen atoms in total. The summed E-state index contributed by atoms with van der Waals surface area (Å²) in [5.74, 6) is 1.03. The van der Waals surface area contributed by atoms with Crippen LogP contribution in [0, 0.1) is 6.92 Å². The summed E-state index contributed by atoms with van der Waals surface area (Å²) in [4.78, 5) is 0. The first kappa shape index (κ1) is 14.8. The van der Waals surface area contributed by atoms with Gasteiger partial charge in [0.15, 0.2) is 0 Å². The molecule has 1 rings (SSSR count). The van der Waals surface area contributed by atoms with E-state index in [1.807, 2.05) is 6.07 Å². The highest BCUT2D eigenvalue weighted by molar-refractivity contribution is 5.33. The molecular weight excluding hydrogens is 220 g/mol. The third kappa shape index (κ3) is 5.90. The van der Waals surface area contributed by atoms with E-state index in [9.17, 15) is 0 Å². The van der Waals surface area contributed by atoms with Gasteiger partial charge in [-0.2, -0.15) is 0 Å². The first-order valence-corrected chi connectivity index (χ1v) is 7.03. The number of ether oxygens (including phenoxy) is 1. The van der Waals surface area contributed by atoms with E-state index >= 15 is 0 Å². The number of aryl methyl sites for hydroxylation is 1. The minimum Gasteiger partial charge on any atom is -0.489 e. The zero-order valence-electron chi connectivity index (χ0n) is 11.5. The molecule has 0 aliphatic heterocycles. The number of rotatable bonds is 9. The van der Waals surface area contributed by atoms with Gasteiger partial charge in [0.25, 0.3) is 0 Å². The molecule has 1 heteroatoms. The third-order valence-electron chi connectivity index (χ3n) is 2.88. The van der Waals surface area contributed by atoms with Crippen LogP contribution < -0.4 is 4.74 Å². The Morgan fingerprint density at radius 1 is 1.17 bits per heavy atom. The van der Waals surface area contributed by atoms with Crippen molar-refractivity contribution >= 4 is 0 Å². The van der Waals surface area contributed by atoms with Gasteiger partial charge in [-0.1, -0.05) is 63.5 Å². The summed E-state index contributed by atoms with van der Waals surface area (Å²) in [7, 11) is 0. The SMILES string of the molecule is [CH2]CCCCc1ccccc1OCC=CCCC. The van der Waals surface area contributed by atoms with Crippen molar-refractivity contribution in [1.82, 2.24) is 0 Å². The molecule has 0 aromatic heterocycles. The van der Waals surface area contributed by atoms with Gasteiger partial charge in [0.05, 0.1) is 0 Å². The Balaban J connectivity index is 2.43. The summed E-state index contributed by atoms with van der Waals surface area (Å²) < 4.78 is 5.81. The summed E-state index contributed by atoms with van der Waals surface area (Å²) in [6.07, 6.45) is 11.1. The molecular formula is C17H25O. The van der Waals surface area contributed by atoms with Gasteiger partial charge < -0.3 is 4.74 Å². The first-order chi connectivity index (χ1) is 8.88. The molecule has 0 aliphatic rings. The monoisotopic (exact) mass is 245 g/mol. The summed E-state index contributed by atoms with van der Waals surface area (Å²) in [5.41, 5.74) is 1.31. The summed E-state index contributed by atoms with van der Waals surface area (Å²) >= 11 is 0. The standard InChI is InChI=1S/C17H25O/c1-3-5-7-11-15-18-17-14-10-9-13-16(17)12-8-6-4-2/h7,9-11,13-14H,2-6,8,12,15H2,1H3. The van der Waals surface area contributed by atoms with Crippen molar-refractivity contribution in [2.75, 3.05) is 6.61 Å². The van der Waals surface area contributed by atoms with Crippen molar-refractivity contribution in [2.24, 2.45) is 0 Å². The van der Waals surface area contributed by atoms with E-state index in [1.165, 1.54) is 24.8 Å². The number of para-hydroxylation sites is 1. The average molecular weight is 245 g/mol. The number of hydrogen-bond acceptors (Lipinski definition) is 1. The molecule has 0 spiro atoms. The van der Waals surface area contributed by atoms with Crippen molar-refractivity contribution < 1.29 is 4.74 Å². The van der Waals surface area contributed by atoms with Gasteiger partial charge in [-0.3, -0.25) is 0 Å². The van der Waals surface area contributed by atoms with Crippen LogP contribution in [0.5, 0.6) is 5.75 Å². The number of benzene rings is 1. The average Bonchev–Trinajstić information content (AvgIpc) is 2.40. The second-order valence-electron chi connectivity index (χ2n) is 4.49. The Morgan fingerprint density at radius 3 is 2.78 bits per heavy atom. The van der Waals surface area contributed by atoms with E-state index in [-0.39, 0.29) is 0 Å². The van der Waals surface area contributed by atoms with Gasteiger partial charge in [-0.05, 0) is 30.9 Å². The fourth-order valence-electron chi connectivity index (χ4n) is 1.83. The van der Waals surface area contributed by atoms with E-state index in [4.69, 9.17) is 4.74 Å². The quantitative estimate of drug-likeness (QED) is 0.441. The smallest absolute Gasteiger partial charge is 0.122 e. The fourth-order valence-corrected chi connectivity index (χ4v) is 1.83.